The van der Waals surface area contributed by atoms with Gasteiger partial charge < -0.3 is 10.5 Å². The van der Waals surface area contributed by atoms with Crippen LogP contribution in [0.5, 0.6) is 5.75 Å². The fourth-order valence-corrected chi connectivity index (χ4v) is 1.07. The van der Waals surface area contributed by atoms with Gasteiger partial charge in [0.25, 0.3) is 0 Å². The molecular formula is C9H9F4NO. The molecule has 84 valence electrons. The van der Waals surface area contributed by atoms with E-state index in [4.69, 9.17) is 5.73 Å². The molecule has 0 radical (unpaired) electrons. The van der Waals surface area contributed by atoms with Gasteiger partial charge in [-0.2, -0.15) is 0 Å². The summed E-state index contributed by atoms with van der Waals surface area (Å²) in [4.78, 5) is 0. The first-order valence-corrected chi connectivity index (χ1v) is 4.10. The van der Waals surface area contributed by atoms with Crippen molar-refractivity contribution in [1.82, 2.24) is 0 Å². The molecule has 1 aromatic rings. The molecule has 2 N–H and O–H groups in total. The molecule has 0 saturated carbocycles. The van der Waals surface area contributed by atoms with Crippen LogP contribution in [-0.4, -0.2) is 6.36 Å². The summed E-state index contributed by atoms with van der Waals surface area (Å²) in [5, 5.41) is 0. The number of nitrogens with two attached hydrogens (primary N) is 1. The van der Waals surface area contributed by atoms with Gasteiger partial charge in [-0.1, -0.05) is 6.07 Å². The molecule has 15 heavy (non-hydrogen) atoms. The van der Waals surface area contributed by atoms with Crippen molar-refractivity contribution in [2.75, 3.05) is 0 Å². The lowest BCUT2D eigenvalue weighted by molar-refractivity contribution is -0.274. The number of alkyl halides is 3. The first-order valence-electron chi connectivity index (χ1n) is 4.10. The fraction of sp³-hybridized carbons (Fsp3) is 0.333. The number of halogens is 4. The van der Waals surface area contributed by atoms with Crippen molar-refractivity contribution >= 4 is 0 Å². The van der Waals surface area contributed by atoms with Crippen LogP contribution in [0.2, 0.25) is 0 Å². The van der Waals surface area contributed by atoms with E-state index in [1.165, 1.54) is 13.0 Å². The zero-order valence-corrected chi connectivity index (χ0v) is 7.81. The molecule has 0 heterocycles. The quantitative estimate of drug-likeness (QED) is 0.782. The van der Waals surface area contributed by atoms with E-state index in [1.807, 2.05) is 0 Å². The van der Waals surface area contributed by atoms with Crippen molar-refractivity contribution in [2.24, 2.45) is 5.73 Å². The van der Waals surface area contributed by atoms with Crippen molar-refractivity contribution in [3.05, 3.63) is 29.6 Å². The Hall–Kier alpha value is -1.30. The van der Waals surface area contributed by atoms with E-state index in [1.54, 1.807) is 0 Å². The number of benzene rings is 1. The average Bonchev–Trinajstić information content (AvgIpc) is 1.99. The number of hydrogen-bond acceptors (Lipinski definition) is 2. The molecule has 0 aromatic heterocycles. The summed E-state index contributed by atoms with van der Waals surface area (Å²) >= 11 is 0. The zero-order valence-electron chi connectivity index (χ0n) is 7.81. The maximum Gasteiger partial charge on any atom is 0.573 e. The van der Waals surface area contributed by atoms with Gasteiger partial charge in [-0.15, -0.1) is 13.2 Å². The van der Waals surface area contributed by atoms with Crippen molar-refractivity contribution < 1.29 is 22.3 Å². The Morgan fingerprint density at radius 3 is 2.33 bits per heavy atom. The van der Waals surface area contributed by atoms with Gasteiger partial charge >= 0.3 is 6.36 Å². The highest BCUT2D eigenvalue weighted by molar-refractivity contribution is 5.30. The lowest BCUT2D eigenvalue weighted by Crippen LogP contribution is -2.17. The Morgan fingerprint density at radius 1 is 1.33 bits per heavy atom. The highest BCUT2D eigenvalue weighted by Gasteiger charge is 2.31. The molecule has 6 heteroatoms. The van der Waals surface area contributed by atoms with E-state index in [0.29, 0.717) is 6.07 Å². The molecule has 1 aromatic carbocycles. The highest BCUT2D eigenvalue weighted by atomic mass is 19.4. The Labute approximate surface area is 83.6 Å². The van der Waals surface area contributed by atoms with E-state index in [9.17, 15) is 17.6 Å². The maximum atomic E-state index is 13.1. The maximum absolute atomic E-state index is 13.1. The van der Waals surface area contributed by atoms with Crippen LogP contribution in [-0.2, 0) is 0 Å². The van der Waals surface area contributed by atoms with E-state index in [0.717, 1.165) is 6.07 Å². The van der Waals surface area contributed by atoms with Gasteiger partial charge in [0.1, 0.15) is 11.6 Å². The van der Waals surface area contributed by atoms with E-state index < -0.39 is 24.0 Å². The largest absolute Gasteiger partial charge is 0.573 e. The predicted octanol–water partition coefficient (Wildman–Crippen LogP) is 2.74. The monoisotopic (exact) mass is 223 g/mol. The van der Waals surface area contributed by atoms with Crippen LogP contribution < -0.4 is 10.5 Å². The third-order valence-electron chi connectivity index (χ3n) is 1.70. The Morgan fingerprint density at radius 2 is 1.93 bits per heavy atom. The third-order valence-corrected chi connectivity index (χ3v) is 1.70. The molecule has 0 spiro atoms. The topological polar surface area (TPSA) is 35.2 Å². The SMILES string of the molecule is C[C@H](N)c1ccc(OC(F)(F)F)cc1F. The minimum absolute atomic E-state index is 0.143. The van der Waals surface area contributed by atoms with Crippen molar-refractivity contribution in [3.63, 3.8) is 0 Å². The van der Waals surface area contributed by atoms with E-state index in [2.05, 4.69) is 4.74 Å². The Bertz CT molecular complexity index is 348. The molecule has 0 unspecified atom stereocenters. The lowest BCUT2D eigenvalue weighted by Gasteiger charge is -2.11. The molecule has 0 fully saturated rings. The average molecular weight is 223 g/mol. The smallest absolute Gasteiger partial charge is 0.406 e. The summed E-state index contributed by atoms with van der Waals surface area (Å²) < 4.78 is 52.0. The molecule has 0 aliphatic carbocycles. The van der Waals surface area contributed by atoms with Gasteiger partial charge in [0, 0.05) is 17.7 Å². The van der Waals surface area contributed by atoms with Gasteiger partial charge in [0.2, 0.25) is 0 Å². The van der Waals surface area contributed by atoms with Gasteiger partial charge in [0.05, 0.1) is 0 Å². The molecule has 1 rings (SSSR count). The van der Waals surface area contributed by atoms with Crippen LogP contribution in [0.25, 0.3) is 0 Å². The molecule has 1 atom stereocenters. The minimum Gasteiger partial charge on any atom is -0.406 e. The van der Waals surface area contributed by atoms with Crippen LogP contribution in [0.3, 0.4) is 0 Å². The number of hydrogen-bond donors (Lipinski definition) is 1. The van der Waals surface area contributed by atoms with Gasteiger partial charge in [-0.25, -0.2) is 4.39 Å². The molecule has 0 saturated heterocycles. The van der Waals surface area contributed by atoms with Crippen LogP contribution in [0, 0.1) is 5.82 Å². The summed E-state index contributed by atoms with van der Waals surface area (Å²) in [6, 6.07) is 2.27. The summed E-state index contributed by atoms with van der Waals surface area (Å²) in [6.45, 7) is 1.53. The predicted molar refractivity (Wildman–Crippen MR) is 45.7 cm³/mol. The van der Waals surface area contributed by atoms with Crippen LogP contribution in [0.1, 0.15) is 18.5 Å². The van der Waals surface area contributed by atoms with E-state index in [-0.39, 0.29) is 5.56 Å². The first-order chi connectivity index (χ1) is 6.79. The summed E-state index contributed by atoms with van der Waals surface area (Å²) in [5.74, 6) is -1.41. The summed E-state index contributed by atoms with van der Waals surface area (Å²) in [7, 11) is 0. The molecule has 0 aliphatic heterocycles. The third kappa shape index (κ3) is 3.39. The van der Waals surface area contributed by atoms with Crippen molar-refractivity contribution in [1.29, 1.82) is 0 Å². The Kier molecular flexibility index (Phi) is 3.18. The fourth-order valence-electron chi connectivity index (χ4n) is 1.07. The van der Waals surface area contributed by atoms with Crippen molar-refractivity contribution in [3.8, 4) is 5.75 Å². The second-order valence-electron chi connectivity index (χ2n) is 3.02. The molecular weight excluding hydrogens is 214 g/mol. The second-order valence-corrected chi connectivity index (χ2v) is 3.02. The molecule has 0 bridgehead atoms. The minimum atomic E-state index is -4.82. The van der Waals surface area contributed by atoms with Gasteiger partial charge in [0.15, 0.2) is 0 Å². The number of rotatable bonds is 2. The zero-order chi connectivity index (χ0) is 11.6. The number of ether oxygens (including phenoxy) is 1. The normalized spacial score (nSPS) is 13.7. The lowest BCUT2D eigenvalue weighted by atomic mass is 10.1. The van der Waals surface area contributed by atoms with Crippen LogP contribution in [0.4, 0.5) is 17.6 Å². The molecule has 0 aliphatic rings. The van der Waals surface area contributed by atoms with Crippen molar-refractivity contribution in [2.45, 2.75) is 19.3 Å². The van der Waals surface area contributed by atoms with Crippen LogP contribution in [0.15, 0.2) is 18.2 Å². The highest BCUT2D eigenvalue weighted by Crippen LogP contribution is 2.25. The molecule has 0 amide bonds. The standard InChI is InChI=1S/C9H9F4NO/c1-5(14)7-3-2-6(4-8(7)10)15-9(11,12)13/h2-5H,14H2,1H3/t5-/m0/s1. The van der Waals surface area contributed by atoms with Crippen LogP contribution >= 0.6 is 0 Å². The van der Waals surface area contributed by atoms with Gasteiger partial charge in [-0.05, 0) is 13.0 Å². The summed E-state index contributed by atoms with van der Waals surface area (Å²) in [6.07, 6.45) is -4.82. The summed E-state index contributed by atoms with van der Waals surface area (Å²) in [5.41, 5.74) is 5.53. The molecule has 2 nitrogen and oxygen atoms in total. The second kappa shape index (κ2) is 4.06. The van der Waals surface area contributed by atoms with E-state index >= 15 is 0 Å². The Balaban J connectivity index is 2.92. The first kappa shape index (κ1) is 11.8. The van der Waals surface area contributed by atoms with Gasteiger partial charge in [-0.3, -0.25) is 0 Å².